The lowest BCUT2D eigenvalue weighted by molar-refractivity contribution is -0.133. The molecular formula is C18H21NO5S. The van der Waals surface area contributed by atoms with Crippen molar-refractivity contribution in [1.29, 1.82) is 0 Å². The van der Waals surface area contributed by atoms with Gasteiger partial charge >= 0.3 is 0 Å². The van der Waals surface area contributed by atoms with Crippen LogP contribution < -0.4 is 4.74 Å². The summed E-state index contributed by atoms with van der Waals surface area (Å²) in [5.41, 5.74) is 0.778. The lowest BCUT2D eigenvalue weighted by atomic mass is 10.1. The van der Waals surface area contributed by atoms with Gasteiger partial charge in [-0.15, -0.1) is 0 Å². The highest BCUT2D eigenvalue weighted by atomic mass is 32.2. The van der Waals surface area contributed by atoms with Gasteiger partial charge in [-0.2, -0.15) is 0 Å². The van der Waals surface area contributed by atoms with Gasteiger partial charge in [0.2, 0.25) is 5.91 Å². The summed E-state index contributed by atoms with van der Waals surface area (Å²) < 4.78 is 34.4. The van der Waals surface area contributed by atoms with Gasteiger partial charge in [0.25, 0.3) is 0 Å². The zero-order chi connectivity index (χ0) is 17.9. The Morgan fingerprint density at radius 1 is 1.28 bits per heavy atom. The lowest BCUT2D eigenvalue weighted by Crippen LogP contribution is -2.41. The topological polar surface area (TPSA) is 76.8 Å². The van der Waals surface area contributed by atoms with Gasteiger partial charge in [0.05, 0.1) is 37.8 Å². The molecule has 7 heteroatoms. The number of nitrogens with zero attached hydrogens (tertiary/aromatic N) is 1. The molecule has 0 unspecified atom stereocenters. The first-order valence-corrected chi connectivity index (χ1v) is 9.95. The highest BCUT2D eigenvalue weighted by Crippen LogP contribution is 2.24. The van der Waals surface area contributed by atoms with Crippen LogP contribution in [0.3, 0.4) is 0 Å². The van der Waals surface area contributed by atoms with Crippen molar-refractivity contribution in [1.82, 2.24) is 4.90 Å². The highest BCUT2D eigenvalue weighted by molar-refractivity contribution is 7.91. The van der Waals surface area contributed by atoms with Crippen LogP contribution >= 0.6 is 0 Å². The van der Waals surface area contributed by atoms with Gasteiger partial charge < -0.3 is 14.1 Å². The van der Waals surface area contributed by atoms with E-state index in [1.165, 1.54) is 0 Å². The fourth-order valence-electron chi connectivity index (χ4n) is 3.13. The molecule has 0 N–H and O–H groups in total. The van der Waals surface area contributed by atoms with E-state index in [9.17, 15) is 13.2 Å². The van der Waals surface area contributed by atoms with Crippen molar-refractivity contribution in [3.05, 3.63) is 54.0 Å². The minimum atomic E-state index is -3.09. The number of carbonyl (C=O) groups excluding carboxylic acids is 1. The molecule has 0 saturated carbocycles. The minimum absolute atomic E-state index is 0.00533. The summed E-state index contributed by atoms with van der Waals surface area (Å²) in [5.74, 6) is 1.27. The summed E-state index contributed by atoms with van der Waals surface area (Å²) in [6.07, 6.45) is 2.16. The number of rotatable bonds is 6. The Hall–Kier alpha value is -2.28. The van der Waals surface area contributed by atoms with Crippen LogP contribution in [0, 0.1) is 0 Å². The van der Waals surface area contributed by atoms with Gasteiger partial charge in [0.1, 0.15) is 11.5 Å². The molecule has 1 fully saturated rings. The number of furan rings is 1. The molecule has 2 heterocycles. The summed E-state index contributed by atoms with van der Waals surface area (Å²) in [4.78, 5) is 14.6. The first kappa shape index (κ1) is 17.5. The monoisotopic (exact) mass is 363 g/mol. The van der Waals surface area contributed by atoms with Crippen molar-refractivity contribution >= 4 is 15.7 Å². The molecule has 134 valence electrons. The third kappa shape index (κ3) is 4.22. The van der Waals surface area contributed by atoms with E-state index in [-0.39, 0.29) is 36.4 Å². The Kier molecular flexibility index (Phi) is 5.13. The van der Waals surface area contributed by atoms with Crippen molar-refractivity contribution in [3.63, 3.8) is 0 Å². The number of hydrogen-bond donors (Lipinski definition) is 0. The Morgan fingerprint density at radius 2 is 2.08 bits per heavy atom. The quantitative estimate of drug-likeness (QED) is 0.785. The second-order valence-corrected chi connectivity index (χ2v) is 8.38. The Labute approximate surface area is 147 Å². The predicted octanol–water partition coefficient (Wildman–Crippen LogP) is 2.05. The van der Waals surface area contributed by atoms with E-state index in [0.717, 1.165) is 5.56 Å². The van der Waals surface area contributed by atoms with E-state index in [1.807, 2.05) is 18.2 Å². The zero-order valence-electron chi connectivity index (χ0n) is 14.1. The SMILES string of the molecule is COc1ccccc1CC(=O)N(Cc1ccco1)[C@@H]1CCS(=O)(=O)C1. The number of para-hydroxylation sites is 1. The maximum atomic E-state index is 12.9. The molecule has 1 aliphatic rings. The van der Waals surface area contributed by atoms with Gasteiger partial charge in [-0.1, -0.05) is 18.2 Å². The standard InChI is InChI=1S/C18H21NO5S/c1-23-17-7-3-2-5-14(17)11-18(20)19(12-16-6-4-9-24-16)15-8-10-25(21,22)13-15/h2-7,9,15H,8,10-13H2,1H3/t15-/m1/s1. The van der Waals surface area contributed by atoms with Crippen molar-refractivity contribution in [3.8, 4) is 5.75 Å². The van der Waals surface area contributed by atoms with Crippen LogP contribution in [0.1, 0.15) is 17.7 Å². The molecule has 3 rings (SSSR count). The first-order chi connectivity index (χ1) is 12.0. The number of amides is 1. The fraction of sp³-hybridized carbons (Fsp3) is 0.389. The van der Waals surface area contributed by atoms with Crippen LogP contribution in [0.15, 0.2) is 47.1 Å². The first-order valence-electron chi connectivity index (χ1n) is 8.12. The number of benzene rings is 1. The maximum Gasteiger partial charge on any atom is 0.227 e. The Morgan fingerprint density at radius 3 is 2.72 bits per heavy atom. The molecule has 0 bridgehead atoms. The van der Waals surface area contributed by atoms with Gasteiger partial charge in [-0.05, 0) is 24.6 Å². The van der Waals surface area contributed by atoms with E-state index in [4.69, 9.17) is 9.15 Å². The number of carbonyl (C=O) groups is 1. The number of sulfone groups is 1. The minimum Gasteiger partial charge on any atom is -0.496 e. The van der Waals surface area contributed by atoms with Crippen LogP contribution in [-0.2, 0) is 27.6 Å². The van der Waals surface area contributed by atoms with E-state index in [1.54, 1.807) is 36.5 Å². The molecule has 1 aromatic heterocycles. The highest BCUT2D eigenvalue weighted by Gasteiger charge is 2.35. The summed E-state index contributed by atoms with van der Waals surface area (Å²) in [6.45, 7) is 0.265. The molecule has 0 spiro atoms. The fourth-order valence-corrected chi connectivity index (χ4v) is 4.86. The van der Waals surface area contributed by atoms with Crippen LogP contribution in [0.2, 0.25) is 0 Å². The van der Waals surface area contributed by atoms with E-state index < -0.39 is 9.84 Å². The van der Waals surface area contributed by atoms with Gasteiger partial charge in [-0.25, -0.2) is 8.42 Å². The van der Waals surface area contributed by atoms with Gasteiger partial charge in [0, 0.05) is 11.6 Å². The predicted molar refractivity (Wildman–Crippen MR) is 93.0 cm³/mol. The Bertz CT molecular complexity index is 829. The third-order valence-electron chi connectivity index (χ3n) is 4.41. The van der Waals surface area contributed by atoms with Crippen molar-refractivity contribution in [2.75, 3.05) is 18.6 Å². The molecule has 1 saturated heterocycles. The average Bonchev–Trinajstić information content (AvgIpc) is 3.22. The van der Waals surface area contributed by atoms with Crippen LogP contribution in [0.4, 0.5) is 0 Å². The van der Waals surface area contributed by atoms with Crippen LogP contribution in [-0.4, -0.2) is 43.9 Å². The molecule has 1 aliphatic heterocycles. The zero-order valence-corrected chi connectivity index (χ0v) is 14.9. The molecule has 0 aliphatic carbocycles. The smallest absolute Gasteiger partial charge is 0.227 e. The van der Waals surface area contributed by atoms with Gasteiger partial charge in [0.15, 0.2) is 9.84 Å². The summed E-state index contributed by atoms with van der Waals surface area (Å²) in [6, 6.07) is 10.6. The second-order valence-electron chi connectivity index (χ2n) is 6.15. The number of hydrogen-bond acceptors (Lipinski definition) is 5. The summed E-state index contributed by atoms with van der Waals surface area (Å²) in [7, 11) is -1.52. The molecule has 2 aromatic rings. The van der Waals surface area contributed by atoms with E-state index in [0.29, 0.717) is 17.9 Å². The van der Waals surface area contributed by atoms with Crippen LogP contribution in [0.5, 0.6) is 5.75 Å². The molecule has 1 atom stereocenters. The second kappa shape index (κ2) is 7.31. The van der Waals surface area contributed by atoms with E-state index >= 15 is 0 Å². The molecule has 1 amide bonds. The van der Waals surface area contributed by atoms with Crippen molar-refractivity contribution < 1.29 is 22.4 Å². The Balaban J connectivity index is 1.81. The largest absolute Gasteiger partial charge is 0.496 e. The number of methoxy groups -OCH3 is 1. The van der Waals surface area contributed by atoms with Crippen LogP contribution in [0.25, 0.3) is 0 Å². The summed E-state index contributed by atoms with van der Waals surface area (Å²) in [5, 5.41) is 0. The normalized spacial score (nSPS) is 18.8. The van der Waals surface area contributed by atoms with E-state index in [2.05, 4.69) is 0 Å². The average molecular weight is 363 g/mol. The molecule has 1 aromatic carbocycles. The summed E-state index contributed by atoms with van der Waals surface area (Å²) >= 11 is 0. The molecule has 6 nitrogen and oxygen atoms in total. The maximum absolute atomic E-state index is 12.9. The molecular weight excluding hydrogens is 342 g/mol. The molecule has 25 heavy (non-hydrogen) atoms. The lowest BCUT2D eigenvalue weighted by Gasteiger charge is -2.27. The number of ether oxygens (including phenoxy) is 1. The van der Waals surface area contributed by atoms with Gasteiger partial charge in [-0.3, -0.25) is 4.79 Å². The van der Waals surface area contributed by atoms with Crippen molar-refractivity contribution in [2.24, 2.45) is 0 Å². The third-order valence-corrected chi connectivity index (χ3v) is 6.16. The molecule has 0 radical (unpaired) electrons. The van der Waals surface area contributed by atoms with Crippen molar-refractivity contribution in [2.45, 2.75) is 25.4 Å².